The zero-order chi connectivity index (χ0) is 10.3. The number of methoxy groups -OCH3 is 1. The van der Waals surface area contributed by atoms with E-state index >= 15 is 0 Å². The van der Waals surface area contributed by atoms with Crippen LogP contribution >= 0.6 is 0 Å². The maximum atomic E-state index is 4.95. The van der Waals surface area contributed by atoms with Gasteiger partial charge in [0.25, 0.3) is 0 Å². The van der Waals surface area contributed by atoms with Gasteiger partial charge in [0, 0.05) is 13.1 Å². The molecular weight excluding hydrogens is 166 g/mol. The van der Waals surface area contributed by atoms with Gasteiger partial charge in [-0.3, -0.25) is 0 Å². The summed E-state index contributed by atoms with van der Waals surface area (Å²) < 4.78 is 4.95. The molecule has 4 heteroatoms. The number of nitrogens with zero attached hydrogens (tertiary/aromatic N) is 2. The third kappa shape index (κ3) is 3.73. The molecule has 1 heterocycles. The van der Waals surface area contributed by atoms with E-state index in [9.17, 15) is 0 Å². The standard InChI is InChI=1S/C7H11N3O.C2H6/c1-5-9-6(8-2)4-7(10-5)11-3;1-2/h4H,1-3H3,(H,8,9,10);1-2H3. The highest BCUT2D eigenvalue weighted by atomic mass is 16.5. The summed E-state index contributed by atoms with van der Waals surface area (Å²) in [5.74, 6) is 2.06. The van der Waals surface area contributed by atoms with Gasteiger partial charge >= 0.3 is 0 Å². The average molecular weight is 183 g/mol. The SMILES string of the molecule is CC.CNc1cc(OC)nc(C)n1. The number of nitrogens with one attached hydrogen (secondary N) is 1. The van der Waals surface area contributed by atoms with Crippen LogP contribution in [0.15, 0.2) is 6.07 Å². The van der Waals surface area contributed by atoms with Crippen molar-refractivity contribution in [3.63, 3.8) is 0 Å². The second-order valence-corrected chi connectivity index (χ2v) is 2.09. The van der Waals surface area contributed by atoms with Crippen molar-refractivity contribution >= 4 is 5.82 Å². The van der Waals surface area contributed by atoms with Gasteiger partial charge in [-0.1, -0.05) is 13.8 Å². The molecule has 0 spiro atoms. The second-order valence-electron chi connectivity index (χ2n) is 2.09. The molecule has 1 aromatic rings. The first-order chi connectivity index (χ1) is 6.26. The molecule has 0 unspecified atom stereocenters. The normalized spacial score (nSPS) is 8.38. The molecule has 1 aromatic heterocycles. The molecule has 0 aliphatic rings. The summed E-state index contributed by atoms with van der Waals surface area (Å²) in [5.41, 5.74) is 0. The molecule has 1 rings (SSSR count). The molecule has 13 heavy (non-hydrogen) atoms. The Labute approximate surface area is 79.4 Å². The van der Waals surface area contributed by atoms with E-state index in [0.29, 0.717) is 11.7 Å². The lowest BCUT2D eigenvalue weighted by molar-refractivity contribution is 0.396. The number of aromatic nitrogens is 2. The minimum atomic E-state index is 0.585. The van der Waals surface area contributed by atoms with E-state index in [1.807, 2.05) is 20.8 Å². The molecule has 0 radical (unpaired) electrons. The summed E-state index contributed by atoms with van der Waals surface area (Å²) in [6.45, 7) is 5.82. The number of rotatable bonds is 2. The van der Waals surface area contributed by atoms with Gasteiger partial charge in [-0.15, -0.1) is 0 Å². The highest BCUT2D eigenvalue weighted by Gasteiger charge is 1.98. The number of hydrogen-bond donors (Lipinski definition) is 1. The van der Waals surface area contributed by atoms with Gasteiger partial charge < -0.3 is 10.1 Å². The quantitative estimate of drug-likeness (QED) is 0.760. The highest BCUT2D eigenvalue weighted by Crippen LogP contribution is 2.11. The summed E-state index contributed by atoms with van der Waals surface area (Å²) in [4.78, 5) is 8.12. The minimum absolute atomic E-state index is 0.585. The van der Waals surface area contributed by atoms with E-state index in [-0.39, 0.29) is 0 Å². The maximum absolute atomic E-state index is 4.95. The monoisotopic (exact) mass is 183 g/mol. The molecule has 1 N–H and O–H groups in total. The van der Waals surface area contributed by atoms with E-state index in [0.717, 1.165) is 5.82 Å². The Morgan fingerprint density at radius 3 is 2.38 bits per heavy atom. The van der Waals surface area contributed by atoms with Crippen LogP contribution in [0.1, 0.15) is 19.7 Å². The first-order valence-corrected chi connectivity index (χ1v) is 4.33. The zero-order valence-corrected chi connectivity index (χ0v) is 8.88. The van der Waals surface area contributed by atoms with E-state index < -0.39 is 0 Å². The maximum Gasteiger partial charge on any atom is 0.218 e. The van der Waals surface area contributed by atoms with Gasteiger partial charge in [0.1, 0.15) is 11.6 Å². The number of ether oxygens (including phenoxy) is 1. The summed E-state index contributed by atoms with van der Waals surface area (Å²) in [7, 11) is 3.39. The van der Waals surface area contributed by atoms with Gasteiger partial charge in [-0.25, -0.2) is 4.98 Å². The lowest BCUT2D eigenvalue weighted by Gasteiger charge is -2.02. The van der Waals surface area contributed by atoms with Crippen LogP contribution in [0.5, 0.6) is 5.88 Å². The van der Waals surface area contributed by atoms with Gasteiger partial charge in [-0.05, 0) is 6.92 Å². The van der Waals surface area contributed by atoms with Crippen LogP contribution in [-0.2, 0) is 0 Å². The smallest absolute Gasteiger partial charge is 0.218 e. The van der Waals surface area contributed by atoms with Crippen LogP contribution in [0.3, 0.4) is 0 Å². The molecule has 0 atom stereocenters. The Bertz CT molecular complexity index is 228. The Morgan fingerprint density at radius 1 is 1.31 bits per heavy atom. The first kappa shape index (κ1) is 11.7. The molecular formula is C9H17N3O. The van der Waals surface area contributed by atoms with E-state index in [4.69, 9.17) is 4.74 Å². The minimum Gasteiger partial charge on any atom is -0.481 e. The van der Waals surface area contributed by atoms with Gasteiger partial charge in [0.05, 0.1) is 7.11 Å². The lowest BCUT2D eigenvalue weighted by atomic mass is 10.5. The average Bonchev–Trinajstić information content (AvgIpc) is 2.20. The van der Waals surface area contributed by atoms with Gasteiger partial charge in [0.2, 0.25) is 5.88 Å². The second kappa shape index (κ2) is 6.22. The van der Waals surface area contributed by atoms with Gasteiger partial charge in [0.15, 0.2) is 0 Å². The molecule has 74 valence electrons. The third-order valence-corrected chi connectivity index (χ3v) is 1.28. The molecule has 0 amide bonds. The Hall–Kier alpha value is -1.32. The van der Waals surface area contributed by atoms with Crippen molar-refractivity contribution in [3.8, 4) is 5.88 Å². The van der Waals surface area contributed by atoms with Gasteiger partial charge in [-0.2, -0.15) is 4.98 Å². The molecule has 0 saturated heterocycles. The van der Waals surface area contributed by atoms with Crippen LogP contribution in [0.2, 0.25) is 0 Å². The largest absolute Gasteiger partial charge is 0.481 e. The van der Waals surface area contributed by atoms with Crippen molar-refractivity contribution in [2.45, 2.75) is 20.8 Å². The lowest BCUT2D eigenvalue weighted by Crippen LogP contribution is -1.98. The Balaban J connectivity index is 0.000000671. The van der Waals surface area contributed by atoms with Crippen molar-refractivity contribution in [2.24, 2.45) is 0 Å². The Kier molecular flexibility index (Phi) is 5.59. The third-order valence-electron chi connectivity index (χ3n) is 1.28. The van der Waals surface area contributed by atoms with Crippen LogP contribution in [0.4, 0.5) is 5.82 Å². The summed E-state index contributed by atoms with van der Waals surface area (Å²) in [6, 6.07) is 1.74. The fourth-order valence-corrected chi connectivity index (χ4v) is 0.773. The van der Waals surface area contributed by atoms with Crippen LogP contribution < -0.4 is 10.1 Å². The number of anilines is 1. The van der Waals surface area contributed by atoms with E-state index in [1.54, 1.807) is 20.2 Å². The summed E-state index contributed by atoms with van der Waals surface area (Å²) in [6.07, 6.45) is 0. The molecule has 0 bridgehead atoms. The molecule has 4 nitrogen and oxygen atoms in total. The van der Waals surface area contributed by atoms with Crippen molar-refractivity contribution in [3.05, 3.63) is 11.9 Å². The predicted molar refractivity (Wildman–Crippen MR) is 54.2 cm³/mol. The van der Waals surface area contributed by atoms with Crippen LogP contribution in [0.25, 0.3) is 0 Å². The topological polar surface area (TPSA) is 47.0 Å². The zero-order valence-electron chi connectivity index (χ0n) is 8.88. The van der Waals surface area contributed by atoms with Crippen molar-refractivity contribution in [2.75, 3.05) is 19.5 Å². The number of aryl methyl sites for hydroxylation is 1. The fourth-order valence-electron chi connectivity index (χ4n) is 0.773. The van der Waals surface area contributed by atoms with Crippen LogP contribution in [0, 0.1) is 6.92 Å². The number of hydrogen-bond acceptors (Lipinski definition) is 4. The molecule has 0 aliphatic carbocycles. The fraction of sp³-hybridized carbons (Fsp3) is 0.556. The Morgan fingerprint density at radius 2 is 1.92 bits per heavy atom. The summed E-state index contributed by atoms with van der Waals surface area (Å²) in [5, 5.41) is 2.91. The molecule has 0 saturated carbocycles. The molecule has 0 fully saturated rings. The van der Waals surface area contributed by atoms with E-state index in [1.165, 1.54) is 0 Å². The van der Waals surface area contributed by atoms with E-state index in [2.05, 4.69) is 15.3 Å². The molecule has 0 aromatic carbocycles. The first-order valence-electron chi connectivity index (χ1n) is 4.33. The highest BCUT2D eigenvalue weighted by molar-refractivity contribution is 5.37. The van der Waals surface area contributed by atoms with Crippen LogP contribution in [-0.4, -0.2) is 24.1 Å². The van der Waals surface area contributed by atoms with Crippen molar-refractivity contribution in [1.29, 1.82) is 0 Å². The summed E-state index contributed by atoms with van der Waals surface area (Å²) >= 11 is 0. The molecule has 0 aliphatic heterocycles. The van der Waals surface area contributed by atoms with Crippen molar-refractivity contribution < 1.29 is 4.74 Å². The van der Waals surface area contributed by atoms with Crippen molar-refractivity contribution in [1.82, 2.24) is 9.97 Å². The predicted octanol–water partition coefficient (Wildman–Crippen LogP) is 1.86.